The number of likely N-dealkylation sites (tertiary alicyclic amines) is 2. The zero-order valence-electron chi connectivity index (χ0n) is 17.1. The molecule has 3 aliphatic rings. The van der Waals surface area contributed by atoms with Crippen LogP contribution in [-0.2, 0) is 19.2 Å². The fraction of sp³-hybridized carbons (Fsp3) is 0.800. The van der Waals surface area contributed by atoms with Crippen molar-refractivity contribution in [1.82, 2.24) is 9.80 Å². The number of carbonyl (C=O) groups excluding carboxylic acids is 4. The van der Waals surface area contributed by atoms with Gasteiger partial charge in [-0.1, -0.05) is 53.4 Å². The Morgan fingerprint density at radius 1 is 0.615 bits per heavy atom. The van der Waals surface area contributed by atoms with Gasteiger partial charge in [0.1, 0.15) is 0 Å². The maximum absolute atomic E-state index is 10.8. The Balaban J connectivity index is 0.000000195. The number of rotatable bonds is 0. The van der Waals surface area contributed by atoms with E-state index in [9.17, 15) is 19.2 Å². The summed E-state index contributed by atoms with van der Waals surface area (Å²) >= 11 is 0. The van der Waals surface area contributed by atoms with Crippen LogP contribution in [0.25, 0.3) is 0 Å². The SMILES string of the molecule is CC1CC(=O)N(C)C1=O.CC1CC(=O)N(C)C1=O.CC1CCC(C)CC1. The van der Waals surface area contributed by atoms with Crippen molar-refractivity contribution in [1.29, 1.82) is 0 Å². The second kappa shape index (κ2) is 9.83. The summed E-state index contributed by atoms with van der Waals surface area (Å²) in [6.07, 6.45) is 6.66. The molecule has 148 valence electrons. The molecule has 2 atom stereocenters. The van der Waals surface area contributed by atoms with E-state index in [0.717, 1.165) is 11.8 Å². The van der Waals surface area contributed by atoms with Gasteiger partial charge in [0.2, 0.25) is 23.6 Å². The van der Waals surface area contributed by atoms with Crippen LogP contribution in [0.15, 0.2) is 0 Å². The molecule has 6 nitrogen and oxygen atoms in total. The number of nitrogens with zero attached hydrogens (tertiary/aromatic N) is 2. The van der Waals surface area contributed by atoms with E-state index in [1.54, 1.807) is 13.8 Å². The molecule has 2 aliphatic heterocycles. The molecule has 1 aliphatic carbocycles. The van der Waals surface area contributed by atoms with Crippen molar-refractivity contribution in [3.8, 4) is 0 Å². The van der Waals surface area contributed by atoms with Crippen LogP contribution in [0.2, 0.25) is 0 Å². The summed E-state index contributed by atoms with van der Waals surface area (Å²) in [5, 5.41) is 0. The van der Waals surface area contributed by atoms with E-state index >= 15 is 0 Å². The van der Waals surface area contributed by atoms with Gasteiger partial charge in [-0.3, -0.25) is 29.0 Å². The van der Waals surface area contributed by atoms with Crippen LogP contribution < -0.4 is 0 Å². The van der Waals surface area contributed by atoms with Crippen LogP contribution in [0.3, 0.4) is 0 Å². The topological polar surface area (TPSA) is 74.8 Å². The molecule has 26 heavy (non-hydrogen) atoms. The Morgan fingerprint density at radius 2 is 0.885 bits per heavy atom. The van der Waals surface area contributed by atoms with E-state index in [-0.39, 0.29) is 35.5 Å². The van der Waals surface area contributed by atoms with Gasteiger partial charge in [-0.05, 0) is 11.8 Å². The highest BCUT2D eigenvalue weighted by Gasteiger charge is 2.32. The minimum Gasteiger partial charge on any atom is -0.286 e. The van der Waals surface area contributed by atoms with E-state index in [2.05, 4.69) is 13.8 Å². The molecule has 3 fully saturated rings. The fourth-order valence-corrected chi connectivity index (χ4v) is 3.31. The first kappa shape index (κ1) is 22.3. The van der Waals surface area contributed by atoms with E-state index in [4.69, 9.17) is 0 Å². The molecular formula is C20H34N2O4. The number of amides is 4. The van der Waals surface area contributed by atoms with Gasteiger partial charge in [-0.2, -0.15) is 0 Å². The fourth-order valence-electron chi connectivity index (χ4n) is 3.31. The second-order valence-corrected chi connectivity index (χ2v) is 8.16. The maximum atomic E-state index is 10.8. The Labute approximate surface area is 157 Å². The Morgan fingerprint density at radius 3 is 1.00 bits per heavy atom. The summed E-state index contributed by atoms with van der Waals surface area (Å²) in [5.74, 6) is 1.61. The van der Waals surface area contributed by atoms with Crippen molar-refractivity contribution >= 4 is 23.6 Å². The van der Waals surface area contributed by atoms with Crippen molar-refractivity contribution in [3.05, 3.63) is 0 Å². The summed E-state index contributed by atoms with van der Waals surface area (Å²) in [4.78, 5) is 45.4. The largest absolute Gasteiger partial charge is 0.286 e. The quantitative estimate of drug-likeness (QED) is 0.618. The van der Waals surface area contributed by atoms with Crippen molar-refractivity contribution in [2.24, 2.45) is 23.7 Å². The molecular weight excluding hydrogens is 332 g/mol. The average molecular weight is 367 g/mol. The smallest absolute Gasteiger partial charge is 0.232 e. The molecule has 4 amide bonds. The van der Waals surface area contributed by atoms with Crippen molar-refractivity contribution in [2.75, 3.05) is 14.1 Å². The molecule has 0 aromatic heterocycles. The zero-order valence-corrected chi connectivity index (χ0v) is 17.1. The third kappa shape index (κ3) is 6.22. The van der Waals surface area contributed by atoms with Crippen LogP contribution in [-0.4, -0.2) is 47.5 Å². The van der Waals surface area contributed by atoms with E-state index < -0.39 is 0 Å². The molecule has 0 N–H and O–H groups in total. The maximum Gasteiger partial charge on any atom is 0.232 e. The Kier molecular flexibility index (Phi) is 8.44. The lowest BCUT2D eigenvalue weighted by Gasteiger charge is -2.22. The number of carbonyl (C=O) groups is 4. The molecule has 0 spiro atoms. The van der Waals surface area contributed by atoms with E-state index in [1.807, 2.05) is 0 Å². The first-order chi connectivity index (χ1) is 12.0. The lowest BCUT2D eigenvalue weighted by Crippen LogP contribution is -2.24. The summed E-state index contributed by atoms with van der Waals surface area (Å²) in [6, 6.07) is 0. The van der Waals surface area contributed by atoms with Gasteiger partial charge in [0.25, 0.3) is 0 Å². The third-order valence-electron chi connectivity index (χ3n) is 5.52. The Hall–Kier alpha value is -1.72. The minimum absolute atomic E-state index is 0.0556. The number of imide groups is 2. The van der Waals surface area contributed by atoms with Gasteiger partial charge < -0.3 is 0 Å². The summed E-state index contributed by atoms with van der Waals surface area (Å²) in [5.41, 5.74) is 0. The van der Waals surface area contributed by atoms with Crippen molar-refractivity contribution in [2.45, 2.75) is 66.2 Å². The molecule has 2 heterocycles. The highest BCUT2D eigenvalue weighted by atomic mass is 16.2. The van der Waals surface area contributed by atoms with Crippen molar-refractivity contribution in [3.63, 3.8) is 0 Å². The van der Waals surface area contributed by atoms with Crippen molar-refractivity contribution < 1.29 is 19.2 Å². The monoisotopic (exact) mass is 366 g/mol. The first-order valence-corrected chi connectivity index (χ1v) is 9.65. The van der Waals surface area contributed by atoms with Crippen LogP contribution >= 0.6 is 0 Å². The normalized spacial score (nSPS) is 31.5. The number of hydrogen-bond acceptors (Lipinski definition) is 4. The summed E-state index contributed by atoms with van der Waals surface area (Å²) in [7, 11) is 3.04. The van der Waals surface area contributed by atoms with Crippen LogP contribution in [0.4, 0.5) is 0 Å². The summed E-state index contributed by atoms with van der Waals surface area (Å²) < 4.78 is 0. The predicted octanol–water partition coefficient (Wildman–Crippen LogP) is 2.86. The van der Waals surface area contributed by atoms with Gasteiger partial charge in [0.05, 0.1) is 0 Å². The van der Waals surface area contributed by atoms with Gasteiger partial charge >= 0.3 is 0 Å². The summed E-state index contributed by atoms with van der Waals surface area (Å²) in [6.45, 7) is 8.27. The van der Waals surface area contributed by atoms with E-state index in [1.165, 1.54) is 49.6 Å². The zero-order chi connectivity index (χ0) is 20.0. The molecule has 0 radical (unpaired) electrons. The Bertz CT molecular complexity index is 490. The van der Waals surface area contributed by atoms with Crippen LogP contribution in [0.5, 0.6) is 0 Å². The standard InChI is InChI=1S/C8H16.2C6H9NO2/c1-7-3-5-8(2)6-4-7;2*1-4-3-5(8)7(2)6(4)9/h7-8H,3-6H2,1-2H3;2*4H,3H2,1-2H3. The van der Waals surface area contributed by atoms with Gasteiger partial charge in [0.15, 0.2) is 0 Å². The number of hydrogen-bond donors (Lipinski definition) is 0. The first-order valence-electron chi connectivity index (χ1n) is 9.65. The molecule has 0 bridgehead atoms. The molecule has 3 rings (SSSR count). The molecule has 0 aromatic rings. The van der Waals surface area contributed by atoms with Crippen LogP contribution in [0.1, 0.15) is 66.2 Å². The van der Waals surface area contributed by atoms with Gasteiger partial charge in [-0.25, -0.2) is 0 Å². The lowest BCUT2D eigenvalue weighted by atomic mass is 9.84. The second-order valence-electron chi connectivity index (χ2n) is 8.16. The lowest BCUT2D eigenvalue weighted by molar-refractivity contribution is -0.139. The van der Waals surface area contributed by atoms with Gasteiger partial charge in [0, 0.05) is 38.8 Å². The average Bonchev–Trinajstić information content (AvgIpc) is 2.95. The molecule has 1 saturated carbocycles. The molecule has 2 unspecified atom stereocenters. The highest BCUT2D eigenvalue weighted by Crippen LogP contribution is 2.27. The predicted molar refractivity (Wildman–Crippen MR) is 99.9 cm³/mol. The van der Waals surface area contributed by atoms with Gasteiger partial charge in [-0.15, -0.1) is 0 Å². The minimum atomic E-state index is -0.0949. The third-order valence-corrected chi connectivity index (χ3v) is 5.52. The molecule has 6 heteroatoms. The molecule has 0 aromatic carbocycles. The van der Waals surface area contributed by atoms with E-state index in [0.29, 0.717) is 12.8 Å². The molecule has 2 saturated heterocycles. The highest BCUT2D eigenvalue weighted by molar-refractivity contribution is 6.03. The van der Waals surface area contributed by atoms with Crippen LogP contribution in [0, 0.1) is 23.7 Å².